The Morgan fingerprint density at radius 3 is 2.61 bits per heavy atom. The topological polar surface area (TPSA) is 49.8 Å². The molecule has 154 valence electrons. The molecule has 0 saturated carbocycles. The number of thiazole rings is 1. The summed E-state index contributed by atoms with van der Waals surface area (Å²) < 4.78 is 6.09. The number of rotatable bonds is 6. The van der Waals surface area contributed by atoms with Gasteiger partial charge < -0.3 is 15.0 Å². The smallest absolute Gasteiger partial charge is 0.193 e. The molecule has 1 aromatic heterocycles. The molecule has 0 amide bonds. The third-order valence-corrected chi connectivity index (χ3v) is 5.97. The molecule has 1 aromatic carbocycles. The van der Waals surface area contributed by atoms with E-state index in [2.05, 4.69) is 29.1 Å². The van der Waals surface area contributed by atoms with Crippen molar-refractivity contribution < 1.29 is 4.74 Å². The van der Waals surface area contributed by atoms with Gasteiger partial charge in [-0.2, -0.15) is 0 Å². The Morgan fingerprint density at radius 1 is 1.29 bits per heavy atom. The minimum absolute atomic E-state index is 0. The number of nitrogens with one attached hydrogen (secondary N) is 1. The van der Waals surface area contributed by atoms with Crippen LogP contribution >= 0.6 is 35.3 Å². The minimum Gasteiger partial charge on any atom is -0.490 e. The normalized spacial score (nSPS) is 15.2. The molecule has 0 aliphatic carbocycles. The van der Waals surface area contributed by atoms with Gasteiger partial charge in [0.1, 0.15) is 11.9 Å². The molecule has 0 bridgehead atoms. The highest BCUT2D eigenvalue weighted by Crippen LogP contribution is 2.19. The second-order valence-corrected chi connectivity index (χ2v) is 8.09. The molecule has 2 aromatic rings. The van der Waals surface area contributed by atoms with Crippen LogP contribution in [-0.2, 0) is 12.8 Å². The number of para-hydroxylation sites is 1. The van der Waals surface area contributed by atoms with Crippen LogP contribution in [0.25, 0.3) is 0 Å². The SMILES string of the molecule is CCc1nc(CCNC(=NC)N2CCC(Oc3ccccc3)CC2)sc1C.I. The van der Waals surface area contributed by atoms with E-state index in [0.717, 1.165) is 57.0 Å². The third kappa shape index (κ3) is 6.34. The standard InChI is InChI=1S/C21H30N4OS.HI/c1-4-19-16(2)27-20(24-19)10-13-23-21(22-3)25-14-11-18(12-15-25)26-17-8-6-5-7-9-17;/h5-9,18H,4,10-15H2,1-3H3,(H,22,23);1H. The molecular weight excluding hydrogens is 483 g/mol. The number of guanidine groups is 1. The van der Waals surface area contributed by atoms with E-state index in [9.17, 15) is 0 Å². The molecule has 1 N–H and O–H groups in total. The van der Waals surface area contributed by atoms with Crippen molar-refractivity contribution in [3.05, 3.63) is 45.9 Å². The first-order valence-electron chi connectivity index (χ1n) is 9.82. The minimum atomic E-state index is 0. The van der Waals surface area contributed by atoms with Crippen molar-refractivity contribution >= 4 is 41.3 Å². The van der Waals surface area contributed by atoms with Gasteiger partial charge in [-0.1, -0.05) is 25.1 Å². The molecule has 1 saturated heterocycles. The van der Waals surface area contributed by atoms with Crippen molar-refractivity contribution in [1.29, 1.82) is 0 Å². The van der Waals surface area contributed by atoms with Crippen LogP contribution in [0.4, 0.5) is 0 Å². The van der Waals surface area contributed by atoms with Gasteiger partial charge in [-0.25, -0.2) is 4.98 Å². The van der Waals surface area contributed by atoms with Crippen molar-refractivity contribution in [2.75, 3.05) is 26.7 Å². The van der Waals surface area contributed by atoms with Crippen LogP contribution in [0.1, 0.15) is 35.3 Å². The Hall–Kier alpha value is -1.35. The number of ether oxygens (including phenoxy) is 1. The molecule has 28 heavy (non-hydrogen) atoms. The molecule has 0 spiro atoms. The highest BCUT2D eigenvalue weighted by molar-refractivity contribution is 14.0. The number of nitrogens with zero attached hydrogens (tertiary/aromatic N) is 3. The molecular formula is C21H31IN4OS. The van der Waals surface area contributed by atoms with Gasteiger partial charge >= 0.3 is 0 Å². The maximum Gasteiger partial charge on any atom is 0.193 e. The van der Waals surface area contributed by atoms with Gasteiger partial charge in [0.15, 0.2) is 5.96 Å². The summed E-state index contributed by atoms with van der Waals surface area (Å²) in [5.41, 5.74) is 1.24. The van der Waals surface area contributed by atoms with Gasteiger partial charge in [0.05, 0.1) is 10.7 Å². The molecule has 2 heterocycles. The second-order valence-electron chi connectivity index (χ2n) is 6.81. The fourth-order valence-electron chi connectivity index (χ4n) is 3.41. The van der Waals surface area contributed by atoms with Crippen molar-refractivity contribution in [3.63, 3.8) is 0 Å². The Morgan fingerprint density at radius 2 is 2.00 bits per heavy atom. The summed E-state index contributed by atoms with van der Waals surface area (Å²) in [6, 6.07) is 10.1. The molecule has 7 heteroatoms. The van der Waals surface area contributed by atoms with Gasteiger partial charge in [0, 0.05) is 50.8 Å². The second kappa shape index (κ2) is 11.6. The Bertz CT molecular complexity index is 742. The number of aliphatic imine (C=N–C) groups is 1. The number of hydrogen-bond donors (Lipinski definition) is 1. The largest absolute Gasteiger partial charge is 0.490 e. The average molecular weight is 514 g/mol. The molecule has 3 rings (SSSR count). The van der Waals surface area contributed by atoms with E-state index in [-0.39, 0.29) is 30.1 Å². The zero-order chi connectivity index (χ0) is 19.1. The molecule has 0 radical (unpaired) electrons. The summed E-state index contributed by atoms with van der Waals surface area (Å²) in [5, 5.41) is 4.71. The summed E-state index contributed by atoms with van der Waals surface area (Å²) >= 11 is 1.81. The highest BCUT2D eigenvalue weighted by Gasteiger charge is 2.22. The Labute approximate surface area is 189 Å². The highest BCUT2D eigenvalue weighted by atomic mass is 127. The van der Waals surface area contributed by atoms with Crippen LogP contribution in [0.2, 0.25) is 0 Å². The number of benzene rings is 1. The van der Waals surface area contributed by atoms with Crippen LogP contribution in [0, 0.1) is 6.92 Å². The summed E-state index contributed by atoms with van der Waals surface area (Å²) in [5.74, 6) is 1.95. The molecule has 0 atom stereocenters. The number of likely N-dealkylation sites (tertiary alicyclic amines) is 1. The fraction of sp³-hybridized carbons (Fsp3) is 0.524. The fourth-order valence-corrected chi connectivity index (χ4v) is 4.43. The Kier molecular flexibility index (Phi) is 9.50. The van der Waals surface area contributed by atoms with E-state index < -0.39 is 0 Å². The molecule has 1 aliphatic heterocycles. The summed E-state index contributed by atoms with van der Waals surface area (Å²) in [7, 11) is 1.86. The van der Waals surface area contributed by atoms with E-state index in [4.69, 9.17) is 9.72 Å². The van der Waals surface area contributed by atoms with Gasteiger partial charge in [-0.15, -0.1) is 35.3 Å². The van der Waals surface area contributed by atoms with E-state index in [1.807, 2.05) is 48.7 Å². The molecule has 5 nitrogen and oxygen atoms in total. The monoisotopic (exact) mass is 514 g/mol. The predicted molar refractivity (Wildman–Crippen MR) is 128 cm³/mol. The number of piperidine rings is 1. The first kappa shape index (κ1) is 22.9. The van der Waals surface area contributed by atoms with Crippen LogP contribution in [0.3, 0.4) is 0 Å². The maximum atomic E-state index is 6.09. The zero-order valence-corrected chi connectivity index (χ0v) is 20.1. The van der Waals surface area contributed by atoms with Crippen molar-refractivity contribution in [1.82, 2.24) is 15.2 Å². The van der Waals surface area contributed by atoms with Crippen LogP contribution in [-0.4, -0.2) is 48.6 Å². The van der Waals surface area contributed by atoms with Crippen molar-refractivity contribution in [3.8, 4) is 5.75 Å². The molecule has 1 aliphatic rings. The van der Waals surface area contributed by atoms with Gasteiger partial charge in [-0.05, 0) is 25.5 Å². The lowest BCUT2D eigenvalue weighted by atomic mass is 10.1. The summed E-state index contributed by atoms with van der Waals surface area (Å²) in [6.07, 6.45) is 4.27. The van der Waals surface area contributed by atoms with Crippen LogP contribution in [0.5, 0.6) is 5.75 Å². The first-order valence-corrected chi connectivity index (χ1v) is 10.6. The van der Waals surface area contributed by atoms with Gasteiger partial charge in [-0.3, -0.25) is 4.99 Å². The first-order chi connectivity index (χ1) is 13.2. The lowest BCUT2D eigenvalue weighted by Gasteiger charge is -2.34. The van der Waals surface area contributed by atoms with E-state index >= 15 is 0 Å². The number of aromatic nitrogens is 1. The quantitative estimate of drug-likeness (QED) is 0.355. The van der Waals surface area contributed by atoms with E-state index in [1.165, 1.54) is 15.6 Å². The molecule has 1 fully saturated rings. The summed E-state index contributed by atoms with van der Waals surface area (Å²) in [6.45, 7) is 7.12. The Balaban J connectivity index is 0.00000280. The van der Waals surface area contributed by atoms with E-state index in [1.54, 1.807) is 0 Å². The van der Waals surface area contributed by atoms with Gasteiger partial charge in [0.25, 0.3) is 0 Å². The zero-order valence-electron chi connectivity index (χ0n) is 17.0. The van der Waals surface area contributed by atoms with Crippen LogP contribution < -0.4 is 10.1 Å². The maximum absolute atomic E-state index is 6.09. The average Bonchev–Trinajstić information content (AvgIpc) is 3.06. The predicted octanol–water partition coefficient (Wildman–Crippen LogP) is 4.29. The molecule has 0 unspecified atom stereocenters. The van der Waals surface area contributed by atoms with Gasteiger partial charge in [0.2, 0.25) is 0 Å². The lowest BCUT2D eigenvalue weighted by Crippen LogP contribution is -2.47. The summed E-state index contributed by atoms with van der Waals surface area (Å²) in [4.78, 5) is 12.9. The number of hydrogen-bond acceptors (Lipinski definition) is 4. The van der Waals surface area contributed by atoms with Crippen LogP contribution in [0.15, 0.2) is 35.3 Å². The van der Waals surface area contributed by atoms with Crippen molar-refractivity contribution in [2.45, 2.75) is 45.6 Å². The third-order valence-electron chi connectivity index (χ3n) is 4.89. The lowest BCUT2D eigenvalue weighted by molar-refractivity contribution is 0.129. The van der Waals surface area contributed by atoms with Crippen molar-refractivity contribution in [2.24, 2.45) is 4.99 Å². The number of aryl methyl sites for hydroxylation is 2. The number of halogens is 1. The van der Waals surface area contributed by atoms with E-state index in [0.29, 0.717) is 0 Å².